The summed E-state index contributed by atoms with van der Waals surface area (Å²) in [5.41, 5.74) is 0.491. The molecular weight excluding hydrogens is 217 g/mol. The molecule has 0 aliphatic rings. The van der Waals surface area contributed by atoms with Crippen molar-refractivity contribution in [1.29, 1.82) is 0 Å². The van der Waals surface area contributed by atoms with Gasteiger partial charge in [0.15, 0.2) is 0 Å². The quantitative estimate of drug-likeness (QED) is 0.501. The standard InChI is InChI=1S/C11H9NO2.K.H/c12-14-11(13)10-7-3-5-8-4-1-2-6-9(8)10;;/h1-7H,12H2;;/q;+1;-1. The molecule has 0 heterocycles. The number of hydrogen-bond donors (Lipinski definition) is 1. The maximum absolute atomic E-state index is 11.3. The van der Waals surface area contributed by atoms with E-state index in [0.717, 1.165) is 10.8 Å². The fraction of sp³-hybridized carbons (Fsp3) is 0. The Hall–Kier alpha value is -0.234. The van der Waals surface area contributed by atoms with Crippen LogP contribution in [0.15, 0.2) is 42.5 Å². The Labute approximate surface area is 131 Å². The molecule has 0 atom stereocenters. The van der Waals surface area contributed by atoms with Gasteiger partial charge in [-0.3, -0.25) is 0 Å². The summed E-state index contributed by atoms with van der Waals surface area (Å²) in [7, 11) is 0. The maximum atomic E-state index is 11.3. The third-order valence-electron chi connectivity index (χ3n) is 2.12. The zero-order chi connectivity index (χ0) is 9.97. The van der Waals surface area contributed by atoms with Crippen LogP contribution in [-0.2, 0) is 4.84 Å². The van der Waals surface area contributed by atoms with Crippen molar-refractivity contribution < 1.29 is 62.4 Å². The second-order valence-corrected chi connectivity index (χ2v) is 2.93. The van der Waals surface area contributed by atoms with Crippen LogP contribution < -0.4 is 57.3 Å². The molecule has 3 nitrogen and oxygen atoms in total. The van der Waals surface area contributed by atoms with Gasteiger partial charge in [0.05, 0.1) is 5.56 Å². The molecule has 0 aliphatic heterocycles. The van der Waals surface area contributed by atoms with E-state index in [0.29, 0.717) is 5.56 Å². The summed E-state index contributed by atoms with van der Waals surface area (Å²) >= 11 is 0. The predicted octanol–water partition coefficient (Wildman–Crippen LogP) is -1.01. The van der Waals surface area contributed by atoms with Gasteiger partial charge in [-0.15, -0.1) is 0 Å². The summed E-state index contributed by atoms with van der Waals surface area (Å²) in [5.74, 6) is 4.33. The van der Waals surface area contributed by atoms with Crippen molar-refractivity contribution in [3.05, 3.63) is 48.0 Å². The van der Waals surface area contributed by atoms with Gasteiger partial charge in [0.25, 0.3) is 0 Å². The second kappa shape index (κ2) is 5.74. The van der Waals surface area contributed by atoms with Crippen molar-refractivity contribution in [3.8, 4) is 0 Å². The molecule has 72 valence electrons. The Morgan fingerprint density at radius 2 is 1.80 bits per heavy atom. The van der Waals surface area contributed by atoms with Crippen molar-refractivity contribution in [2.24, 2.45) is 5.90 Å². The minimum atomic E-state index is -0.512. The predicted molar refractivity (Wildman–Crippen MR) is 54.7 cm³/mol. The fourth-order valence-electron chi connectivity index (χ4n) is 1.47. The molecule has 0 amide bonds. The summed E-state index contributed by atoms with van der Waals surface area (Å²) < 4.78 is 0. The maximum Gasteiger partial charge on any atom is 1.00 e. The van der Waals surface area contributed by atoms with Gasteiger partial charge in [-0.2, -0.15) is 5.90 Å². The molecule has 0 aliphatic carbocycles. The first-order valence-electron chi connectivity index (χ1n) is 4.22. The first-order valence-corrected chi connectivity index (χ1v) is 4.22. The Morgan fingerprint density at radius 3 is 2.53 bits per heavy atom. The van der Waals surface area contributed by atoms with Crippen LogP contribution in [0, 0.1) is 0 Å². The molecule has 0 fully saturated rings. The largest absolute Gasteiger partial charge is 1.00 e. The summed E-state index contributed by atoms with van der Waals surface area (Å²) in [5, 5.41) is 1.85. The third-order valence-corrected chi connectivity index (χ3v) is 2.12. The molecule has 2 rings (SSSR count). The van der Waals surface area contributed by atoms with Gasteiger partial charge in [-0.05, 0) is 16.8 Å². The number of hydrogen-bond acceptors (Lipinski definition) is 3. The van der Waals surface area contributed by atoms with E-state index in [2.05, 4.69) is 4.84 Å². The SMILES string of the molecule is NOC(=O)c1cccc2ccccc12.[H-].[K+]. The summed E-state index contributed by atoms with van der Waals surface area (Å²) in [6, 6.07) is 13.0. The molecule has 4 heteroatoms. The molecule has 0 bridgehead atoms. The monoisotopic (exact) mass is 227 g/mol. The van der Waals surface area contributed by atoms with Crippen molar-refractivity contribution >= 4 is 16.7 Å². The molecule has 0 aromatic heterocycles. The van der Waals surface area contributed by atoms with Crippen molar-refractivity contribution in [3.63, 3.8) is 0 Å². The summed E-state index contributed by atoms with van der Waals surface area (Å²) in [4.78, 5) is 15.5. The Bertz CT molecular complexity index is 485. The van der Waals surface area contributed by atoms with Crippen LogP contribution in [0.4, 0.5) is 0 Å². The molecule has 2 aromatic carbocycles. The van der Waals surface area contributed by atoms with E-state index >= 15 is 0 Å². The number of carbonyl (C=O) groups is 1. The molecule has 0 radical (unpaired) electrons. The minimum Gasteiger partial charge on any atom is -1.00 e. The van der Waals surface area contributed by atoms with Crippen LogP contribution in [0.5, 0.6) is 0 Å². The van der Waals surface area contributed by atoms with Crippen molar-refractivity contribution in [2.75, 3.05) is 0 Å². The van der Waals surface area contributed by atoms with E-state index in [1.54, 1.807) is 12.1 Å². The molecule has 0 saturated heterocycles. The van der Waals surface area contributed by atoms with Crippen LogP contribution in [-0.4, -0.2) is 5.97 Å². The van der Waals surface area contributed by atoms with E-state index in [1.807, 2.05) is 30.3 Å². The van der Waals surface area contributed by atoms with Gasteiger partial charge in [0, 0.05) is 0 Å². The topological polar surface area (TPSA) is 52.3 Å². The van der Waals surface area contributed by atoms with Gasteiger partial charge in [-0.1, -0.05) is 36.4 Å². The molecule has 0 saturated carbocycles. The fourth-order valence-corrected chi connectivity index (χ4v) is 1.47. The van der Waals surface area contributed by atoms with Crippen LogP contribution >= 0.6 is 0 Å². The number of benzene rings is 2. The van der Waals surface area contributed by atoms with E-state index in [1.165, 1.54) is 0 Å². The Balaban J connectivity index is 0.00000112. The molecule has 2 aromatic rings. The molecule has 0 spiro atoms. The minimum absolute atomic E-state index is 0. The molecule has 15 heavy (non-hydrogen) atoms. The summed E-state index contributed by atoms with van der Waals surface area (Å²) in [6.07, 6.45) is 0. The van der Waals surface area contributed by atoms with Crippen LogP contribution in [0.1, 0.15) is 11.8 Å². The Kier molecular flexibility index (Phi) is 4.91. The normalized spacial score (nSPS) is 9.40. The first-order chi connectivity index (χ1) is 6.83. The van der Waals surface area contributed by atoms with Gasteiger partial charge in [-0.25, -0.2) is 4.79 Å². The van der Waals surface area contributed by atoms with Crippen molar-refractivity contribution in [1.82, 2.24) is 0 Å². The van der Waals surface area contributed by atoms with E-state index < -0.39 is 5.97 Å². The Morgan fingerprint density at radius 1 is 1.13 bits per heavy atom. The number of carbonyl (C=O) groups excluding carboxylic acids is 1. The zero-order valence-electron chi connectivity index (χ0n) is 9.44. The molecule has 0 unspecified atom stereocenters. The number of fused-ring (bicyclic) bond motifs is 1. The smallest absolute Gasteiger partial charge is 1.00 e. The number of rotatable bonds is 1. The van der Waals surface area contributed by atoms with Crippen LogP contribution in [0.3, 0.4) is 0 Å². The average Bonchev–Trinajstić information content (AvgIpc) is 2.27. The first kappa shape index (κ1) is 12.8. The van der Waals surface area contributed by atoms with E-state index in [4.69, 9.17) is 5.90 Å². The van der Waals surface area contributed by atoms with Crippen LogP contribution in [0.2, 0.25) is 0 Å². The molecule has 2 N–H and O–H groups in total. The van der Waals surface area contributed by atoms with Crippen molar-refractivity contribution in [2.45, 2.75) is 0 Å². The van der Waals surface area contributed by atoms with Gasteiger partial charge in [0.2, 0.25) is 0 Å². The van der Waals surface area contributed by atoms with Gasteiger partial charge >= 0.3 is 57.4 Å². The van der Waals surface area contributed by atoms with Gasteiger partial charge in [0.1, 0.15) is 0 Å². The number of nitrogens with two attached hydrogens (primary N) is 1. The zero-order valence-corrected chi connectivity index (χ0v) is 11.6. The van der Waals surface area contributed by atoms with Crippen LogP contribution in [0.25, 0.3) is 10.8 Å². The van der Waals surface area contributed by atoms with Gasteiger partial charge < -0.3 is 6.26 Å². The third kappa shape index (κ3) is 2.66. The molecular formula is C11H10KNO2. The van der Waals surface area contributed by atoms with E-state index in [9.17, 15) is 4.79 Å². The van der Waals surface area contributed by atoms with E-state index in [-0.39, 0.29) is 52.8 Å². The second-order valence-electron chi connectivity index (χ2n) is 2.93. The average molecular weight is 227 g/mol. The summed E-state index contributed by atoms with van der Waals surface area (Å²) in [6.45, 7) is 0.